The molecule has 0 bridgehead atoms. The molecule has 0 aliphatic heterocycles. The summed E-state index contributed by atoms with van der Waals surface area (Å²) in [5, 5.41) is 14.6. The first-order valence-corrected chi connectivity index (χ1v) is 9.37. The summed E-state index contributed by atoms with van der Waals surface area (Å²) in [7, 11) is 0. The molecule has 25 heavy (non-hydrogen) atoms. The molecule has 10 heteroatoms. The van der Waals surface area contributed by atoms with E-state index in [4.69, 9.17) is 0 Å². The molecule has 1 aromatic heterocycles. The van der Waals surface area contributed by atoms with E-state index >= 15 is 0 Å². The van der Waals surface area contributed by atoms with Crippen molar-refractivity contribution < 1.29 is 18.3 Å². The molecule has 1 aromatic carbocycles. The van der Waals surface area contributed by atoms with E-state index in [-0.39, 0.29) is 17.4 Å². The molecule has 0 fully saturated rings. The third kappa shape index (κ3) is 7.22. The lowest BCUT2D eigenvalue weighted by Gasteiger charge is -2.07. The van der Waals surface area contributed by atoms with Crippen molar-refractivity contribution in [3.8, 4) is 5.75 Å². The van der Waals surface area contributed by atoms with Crippen LogP contribution in [0.4, 0.5) is 13.9 Å². The van der Waals surface area contributed by atoms with Crippen molar-refractivity contribution in [2.75, 3.05) is 24.2 Å². The van der Waals surface area contributed by atoms with Gasteiger partial charge in [0.1, 0.15) is 5.75 Å². The van der Waals surface area contributed by atoms with Gasteiger partial charge in [-0.25, -0.2) is 0 Å². The summed E-state index contributed by atoms with van der Waals surface area (Å²) in [5.74, 6) is 0.290. The third-order valence-corrected chi connectivity index (χ3v) is 4.96. The van der Waals surface area contributed by atoms with Gasteiger partial charge in [-0.05, 0) is 31.0 Å². The zero-order valence-electron chi connectivity index (χ0n) is 13.5. The van der Waals surface area contributed by atoms with Gasteiger partial charge in [-0.15, -0.1) is 10.2 Å². The standard InChI is InChI=1S/C15H18F2N4O2S2/c1-2-18-14-20-21-15(25-14)24-9-12(22)19-8-7-10-3-5-11(6-4-10)23-13(16)17/h3-6,13H,2,7-9H2,1H3,(H,18,20)(H,19,22). The minimum absolute atomic E-state index is 0.0946. The highest BCUT2D eigenvalue weighted by molar-refractivity contribution is 8.01. The second kappa shape index (κ2) is 10.1. The number of ether oxygens (including phenoxy) is 1. The molecule has 6 nitrogen and oxygen atoms in total. The largest absolute Gasteiger partial charge is 0.435 e. The molecule has 0 radical (unpaired) electrons. The SMILES string of the molecule is CCNc1nnc(SCC(=O)NCCc2ccc(OC(F)F)cc2)s1. The van der Waals surface area contributed by atoms with Crippen LogP contribution in [0.2, 0.25) is 0 Å². The number of aromatic nitrogens is 2. The molecule has 1 heterocycles. The molecular formula is C15H18F2N4O2S2. The minimum atomic E-state index is -2.83. The Morgan fingerprint density at radius 3 is 2.76 bits per heavy atom. The predicted octanol–water partition coefficient (Wildman–Crippen LogP) is 3.02. The second-order valence-corrected chi connectivity index (χ2v) is 7.01. The van der Waals surface area contributed by atoms with E-state index in [1.165, 1.54) is 35.2 Å². The number of hydrogen-bond acceptors (Lipinski definition) is 7. The average Bonchev–Trinajstić information content (AvgIpc) is 3.02. The number of thioether (sulfide) groups is 1. The normalized spacial score (nSPS) is 10.7. The summed E-state index contributed by atoms with van der Waals surface area (Å²) in [6.45, 7) is 0.382. The maximum absolute atomic E-state index is 12.1. The highest BCUT2D eigenvalue weighted by Crippen LogP contribution is 2.24. The number of hydrogen-bond donors (Lipinski definition) is 2. The molecule has 0 saturated carbocycles. The van der Waals surface area contributed by atoms with Gasteiger partial charge in [-0.2, -0.15) is 8.78 Å². The van der Waals surface area contributed by atoms with E-state index in [0.29, 0.717) is 13.0 Å². The summed E-state index contributed by atoms with van der Waals surface area (Å²) in [6.07, 6.45) is 0.606. The van der Waals surface area contributed by atoms with Gasteiger partial charge in [-0.3, -0.25) is 4.79 Å². The summed E-state index contributed by atoms with van der Waals surface area (Å²) in [5.41, 5.74) is 0.925. The Morgan fingerprint density at radius 2 is 2.08 bits per heavy atom. The molecule has 136 valence electrons. The first kappa shape index (κ1) is 19.4. The Morgan fingerprint density at radius 1 is 1.32 bits per heavy atom. The molecular weight excluding hydrogens is 370 g/mol. The molecule has 2 N–H and O–H groups in total. The maximum atomic E-state index is 12.1. The second-order valence-electron chi connectivity index (χ2n) is 4.81. The quantitative estimate of drug-likeness (QED) is 0.610. The molecule has 0 atom stereocenters. The average molecular weight is 388 g/mol. The van der Waals surface area contributed by atoms with Crippen molar-refractivity contribution in [1.82, 2.24) is 15.5 Å². The van der Waals surface area contributed by atoms with Gasteiger partial charge >= 0.3 is 6.61 Å². The van der Waals surface area contributed by atoms with Crippen LogP contribution in [0.25, 0.3) is 0 Å². The Kier molecular flexibility index (Phi) is 7.86. The van der Waals surface area contributed by atoms with Crippen LogP contribution in [0.15, 0.2) is 28.6 Å². The number of amides is 1. The van der Waals surface area contributed by atoms with Crippen LogP contribution < -0.4 is 15.4 Å². The summed E-state index contributed by atoms with van der Waals surface area (Å²) >= 11 is 2.74. The number of anilines is 1. The van der Waals surface area contributed by atoms with E-state index in [1.54, 1.807) is 12.1 Å². The lowest BCUT2D eigenvalue weighted by molar-refractivity contribution is -0.118. The Balaban J connectivity index is 1.66. The van der Waals surface area contributed by atoms with Crippen molar-refractivity contribution in [2.45, 2.75) is 24.3 Å². The van der Waals surface area contributed by atoms with Gasteiger partial charge in [0.25, 0.3) is 0 Å². The van der Waals surface area contributed by atoms with Gasteiger partial charge < -0.3 is 15.4 Å². The highest BCUT2D eigenvalue weighted by Gasteiger charge is 2.08. The van der Waals surface area contributed by atoms with Crippen LogP contribution in [0.1, 0.15) is 12.5 Å². The minimum Gasteiger partial charge on any atom is -0.435 e. The van der Waals surface area contributed by atoms with Crippen LogP contribution in [0.3, 0.4) is 0 Å². The van der Waals surface area contributed by atoms with E-state index in [1.807, 2.05) is 6.92 Å². The van der Waals surface area contributed by atoms with Gasteiger partial charge in [0.05, 0.1) is 5.75 Å². The van der Waals surface area contributed by atoms with Gasteiger partial charge in [0.15, 0.2) is 4.34 Å². The molecule has 1 amide bonds. The van der Waals surface area contributed by atoms with Gasteiger partial charge in [0.2, 0.25) is 11.0 Å². The number of nitrogens with zero attached hydrogens (tertiary/aromatic N) is 2. The third-order valence-electron chi connectivity index (χ3n) is 2.95. The Hall–Kier alpha value is -1.94. The van der Waals surface area contributed by atoms with Crippen molar-refractivity contribution in [1.29, 1.82) is 0 Å². The Labute approximate surface area is 152 Å². The fraction of sp³-hybridized carbons (Fsp3) is 0.400. The van der Waals surface area contributed by atoms with Crippen molar-refractivity contribution in [2.24, 2.45) is 0 Å². The van der Waals surface area contributed by atoms with Crippen LogP contribution in [-0.2, 0) is 11.2 Å². The maximum Gasteiger partial charge on any atom is 0.387 e. The molecule has 0 unspecified atom stereocenters. The molecule has 2 aromatic rings. The van der Waals surface area contributed by atoms with Crippen molar-refractivity contribution in [3.05, 3.63) is 29.8 Å². The van der Waals surface area contributed by atoms with Crippen LogP contribution in [-0.4, -0.2) is 41.6 Å². The smallest absolute Gasteiger partial charge is 0.387 e. The van der Waals surface area contributed by atoms with E-state index in [9.17, 15) is 13.6 Å². The van der Waals surface area contributed by atoms with Crippen LogP contribution >= 0.6 is 23.1 Å². The van der Waals surface area contributed by atoms with Crippen molar-refractivity contribution in [3.63, 3.8) is 0 Å². The number of carbonyl (C=O) groups is 1. The first-order valence-electron chi connectivity index (χ1n) is 7.57. The number of alkyl halides is 2. The molecule has 0 saturated heterocycles. The van der Waals surface area contributed by atoms with E-state index in [0.717, 1.165) is 21.6 Å². The van der Waals surface area contributed by atoms with Crippen LogP contribution in [0.5, 0.6) is 5.75 Å². The number of nitrogens with one attached hydrogen (secondary N) is 2. The lowest BCUT2D eigenvalue weighted by Crippen LogP contribution is -2.27. The number of carbonyl (C=O) groups excluding carboxylic acids is 1. The summed E-state index contributed by atoms with van der Waals surface area (Å²) in [6, 6.07) is 6.36. The monoisotopic (exact) mass is 388 g/mol. The fourth-order valence-electron chi connectivity index (χ4n) is 1.85. The molecule has 0 aliphatic rings. The first-order chi connectivity index (χ1) is 12.1. The van der Waals surface area contributed by atoms with Crippen LogP contribution in [0, 0.1) is 0 Å². The lowest BCUT2D eigenvalue weighted by atomic mass is 10.1. The zero-order valence-corrected chi connectivity index (χ0v) is 15.1. The molecule has 0 spiro atoms. The van der Waals surface area contributed by atoms with Gasteiger partial charge in [0, 0.05) is 13.1 Å². The zero-order chi connectivity index (χ0) is 18.1. The topological polar surface area (TPSA) is 76.1 Å². The number of halogens is 2. The van der Waals surface area contributed by atoms with E-state index in [2.05, 4.69) is 25.6 Å². The van der Waals surface area contributed by atoms with Crippen molar-refractivity contribution >= 4 is 34.1 Å². The van der Waals surface area contributed by atoms with Gasteiger partial charge in [-0.1, -0.05) is 35.2 Å². The molecule has 0 aliphatic carbocycles. The summed E-state index contributed by atoms with van der Waals surface area (Å²) in [4.78, 5) is 11.8. The predicted molar refractivity (Wildman–Crippen MR) is 94.6 cm³/mol. The Bertz CT molecular complexity index is 668. The molecule has 2 rings (SSSR count). The number of benzene rings is 1. The summed E-state index contributed by atoms with van der Waals surface area (Å²) < 4.78 is 29.1. The van der Waals surface area contributed by atoms with E-state index < -0.39 is 6.61 Å². The number of rotatable bonds is 10. The highest BCUT2D eigenvalue weighted by atomic mass is 32.2. The fourth-order valence-corrected chi connectivity index (χ4v) is 3.50.